The molecule has 0 unspecified atom stereocenters. The first-order chi connectivity index (χ1) is 22.3. The van der Waals surface area contributed by atoms with Gasteiger partial charge in [0.2, 0.25) is 0 Å². The SMILES string of the molecule is c1ccc(-c2nc(-c3ccccc3)nc(-c3ccccc3-c3ccc4c(ccc5ccc6c7ccccc7sc6c54)c3)n2)cc1. The lowest BCUT2D eigenvalue weighted by Gasteiger charge is -2.13. The van der Waals surface area contributed by atoms with Crippen molar-refractivity contribution in [2.24, 2.45) is 0 Å². The zero-order valence-corrected chi connectivity index (χ0v) is 25.0. The summed E-state index contributed by atoms with van der Waals surface area (Å²) < 4.78 is 2.67. The molecule has 0 fully saturated rings. The van der Waals surface area contributed by atoms with Crippen molar-refractivity contribution in [1.29, 1.82) is 0 Å². The fourth-order valence-electron chi connectivity index (χ4n) is 6.36. The number of fused-ring (bicyclic) bond motifs is 7. The van der Waals surface area contributed by atoms with E-state index in [2.05, 4.69) is 91.0 Å². The van der Waals surface area contributed by atoms with E-state index in [1.807, 2.05) is 72.0 Å². The van der Waals surface area contributed by atoms with Crippen molar-refractivity contribution in [3.05, 3.63) is 152 Å². The first kappa shape index (κ1) is 25.8. The van der Waals surface area contributed by atoms with E-state index in [0.29, 0.717) is 17.5 Å². The lowest BCUT2D eigenvalue weighted by atomic mass is 9.94. The Bertz CT molecular complexity index is 2480. The third-order valence-corrected chi connectivity index (χ3v) is 9.72. The van der Waals surface area contributed by atoms with Crippen LogP contribution >= 0.6 is 11.3 Å². The monoisotopic (exact) mass is 591 g/mol. The molecule has 2 aromatic heterocycles. The Kier molecular flexibility index (Phi) is 6.00. The minimum atomic E-state index is 0.656. The van der Waals surface area contributed by atoms with Gasteiger partial charge in [0.15, 0.2) is 17.5 Å². The molecule has 9 aromatic rings. The van der Waals surface area contributed by atoms with Crippen LogP contribution in [0.25, 0.3) is 87.0 Å². The van der Waals surface area contributed by atoms with E-state index in [1.54, 1.807) is 0 Å². The van der Waals surface area contributed by atoms with Gasteiger partial charge in [0.25, 0.3) is 0 Å². The molecule has 210 valence electrons. The van der Waals surface area contributed by atoms with Crippen LogP contribution in [-0.4, -0.2) is 15.0 Å². The standard InChI is InChI=1S/C41H25N3S/c1-3-11-27(12-4-1)39-42-40(28-13-5-2-6-14-28)44-41(43-39)35-17-8-7-15-31(35)29-22-23-32-30(25-29)20-19-26-21-24-34-33-16-9-10-18-36(33)45-38(34)37(26)32/h1-25H. The maximum Gasteiger partial charge on any atom is 0.164 e. The van der Waals surface area contributed by atoms with Gasteiger partial charge in [0, 0.05) is 42.2 Å². The Morgan fingerprint density at radius 3 is 1.71 bits per heavy atom. The van der Waals surface area contributed by atoms with Gasteiger partial charge >= 0.3 is 0 Å². The molecule has 0 atom stereocenters. The predicted octanol–water partition coefficient (Wildman–Crippen LogP) is 11.2. The third kappa shape index (κ3) is 4.38. The second-order valence-corrected chi connectivity index (χ2v) is 12.3. The van der Waals surface area contributed by atoms with Gasteiger partial charge in [0.05, 0.1) is 0 Å². The van der Waals surface area contributed by atoms with E-state index in [9.17, 15) is 0 Å². The van der Waals surface area contributed by atoms with E-state index in [4.69, 9.17) is 15.0 Å². The highest BCUT2D eigenvalue weighted by atomic mass is 32.1. The minimum absolute atomic E-state index is 0.656. The van der Waals surface area contributed by atoms with Crippen LogP contribution in [0.15, 0.2) is 152 Å². The van der Waals surface area contributed by atoms with Gasteiger partial charge < -0.3 is 0 Å². The Labute approximate surface area is 264 Å². The minimum Gasteiger partial charge on any atom is -0.208 e. The van der Waals surface area contributed by atoms with Gasteiger partial charge in [0.1, 0.15) is 0 Å². The van der Waals surface area contributed by atoms with E-state index in [0.717, 1.165) is 27.8 Å². The Morgan fingerprint density at radius 2 is 0.956 bits per heavy atom. The average molecular weight is 592 g/mol. The number of hydrogen-bond donors (Lipinski definition) is 0. The quantitative estimate of drug-likeness (QED) is 0.191. The number of thiophene rings is 1. The second-order valence-electron chi connectivity index (χ2n) is 11.2. The molecule has 9 rings (SSSR count). The van der Waals surface area contributed by atoms with E-state index >= 15 is 0 Å². The van der Waals surface area contributed by atoms with Crippen LogP contribution < -0.4 is 0 Å². The molecule has 3 nitrogen and oxygen atoms in total. The highest BCUT2D eigenvalue weighted by molar-refractivity contribution is 7.26. The molecule has 0 saturated carbocycles. The van der Waals surface area contributed by atoms with Gasteiger partial charge in [-0.25, -0.2) is 15.0 Å². The molecule has 0 N–H and O–H groups in total. The van der Waals surface area contributed by atoms with Crippen molar-refractivity contribution < 1.29 is 0 Å². The van der Waals surface area contributed by atoms with E-state index in [1.165, 1.54) is 41.7 Å². The fourth-order valence-corrected chi connectivity index (χ4v) is 7.63. The van der Waals surface area contributed by atoms with E-state index < -0.39 is 0 Å². The fraction of sp³-hybridized carbons (Fsp3) is 0. The van der Waals surface area contributed by atoms with Crippen LogP contribution in [0.3, 0.4) is 0 Å². The van der Waals surface area contributed by atoms with Gasteiger partial charge in [-0.05, 0) is 39.4 Å². The maximum absolute atomic E-state index is 5.02. The van der Waals surface area contributed by atoms with Crippen LogP contribution in [0.2, 0.25) is 0 Å². The normalized spacial score (nSPS) is 11.6. The van der Waals surface area contributed by atoms with E-state index in [-0.39, 0.29) is 0 Å². The van der Waals surface area contributed by atoms with Gasteiger partial charge in [-0.2, -0.15) is 0 Å². The second kappa shape index (κ2) is 10.5. The van der Waals surface area contributed by atoms with Crippen molar-refractivity contribution >= 4 is 53.1 Å². The molecule has 0 aliphatic heterocycles. The Balaban J connectivity index is 1.23. The molecular weight excluding hydrogens is 567 g/mol. The van der Waals surface area contributed by atoms with Crippen LogP contribution in [0.5, 0.6) is 0 Å². The zero-order valence-electron chi connectivity index (χ0n) is 24.2. The largest absolute Gasteiger partial charge is 0.208 e. The topological polar surface area (TPSA) is 38.7 Å². The van der Waals surface area contributed by atoms with Crippen LogP contribution in [0, 0.1) is 0 Å². The lowest BCUT2D eigenvalue weighted by molar-refractivity contribution is 1.07. The third-order valence-electron chi connectivity index (χ3n) is 8.52. The van der Waals surface area contributed by atoms with Crippen LogP contribution in [0.4, 0.5) is 0 Å². The summed E-state index contributed by atoms with van der Waals surface area (Å²) >= 11 is 1.88. The van der Waals surface area contributed by atoms with Crippen molar-refractivity contribution in [2.45, 2.75) is 0 Å². The molecule has 0 amide bonds. The van der Waals surface area contributed by atoms with Crippen molar-refractivity contribution in [1.82, 2.24) is 15.0 Å². The molecule has 0 aliphatic carbocycles. The molecular formula is C41H25N3S. The summed E-state index contributed by atoms with van der Waals surface area (Å²) in [5.74, 6) is 1.97. The maximum atomic E-state index is 5.02. The molecule has 45 heavy (non-hydrogen) atoms. The van der Waals surface area contributed by atoms with Crippen molar-refractivity contribution in [3.63, 3.8) is 0 Å². The highest BCUT2D eigenvalue weighted by Crippen LogP contribution is 2.42. The van der Waals surface area contributed by atoms with Gasteiger partial charge in [-0.3, -0.25) is 0 Å². The van der Waals surface area contributed by atoms with Gasteiger partial charge in [-0.15, -0.1) is 11.3 Å². The summed E-state index contributed by atoms with van der Waals surface area (Å²) in [6.07, 6.45) is 0. The molecule has 0 bridgehead atoms. The number of nitrogens with zero attached hydrogens (tertiary/aromatic N) is 3. The Morgan fingerprint density at radius 1 is 0.378 bits per heavy atom. The average Bonchev–Trinajstić information content (AvgIpc) is 3.51. The molecule has 0 aliphatic rings. The smallest absolute Gasteiger partial charge is 0.164 e. The van der Waals surface area contributed by atoms with Crippen molar-refractivity contribution in [3.8, 4) is 45.3 Å². The van der Waals surface area contributed by atoms with Crippen molar-refractivity contribution in [2.75, 3.05) is 0 Å². The molecule has 0 radical (unpaired) electrons. The zero-order chi connectivity index (χ0) is 29.7. The number of aromatic nitrogens is 3. The number of hydrogen-bond acceptors (Lipinski definition) is 4. The summed E-state index contributed by atoms with van der Waals surface area (Å²) in [6, 6.07) is 53.2. The number of benzene rings is 7. The van der Waals surface area contributed by atoms with Crippen LogP contribution in [-0.2, 0) is 0 Å². The summed E-state index contributed by atoms with van der Waals surface area (Å²) in [6.45, 7) is 0. The first-order valence-corrected chi connectivity index (χ1v) is 15.9. The summed E-state index contributed by atoms with van der Waals surface area (Å²) in [4.78, 5) is 14.9. The molecule has 0 saturated heterocycles. The molecule has 2 heterocycles. The Hall–Kier alpha value is -5.71. The highest BCUT2D eigenvalue weighted by Gasteiger charge is 2.17. The molecule has 7 aromatic carbocycles. The first-order valence-electron chi connectivity index (χ1n) is 15.0. The molecule has 0 spiro atoms. The summed E-state index contributed by atoms with van der Waals surface area (Å²) in [7, 11) is 0. The lowest BCUT2D eigenvalue weighted by Crippen LogP contribution is -2.01. The van der Waals surface area contributed by atoms with Gasteiger partial charge in [-0.1, -0.05) is 140 Å². The predicted molar refractivity (Wildman–Crippen MR) is 189 cm³/mol. The summed E-state index contributed by atoms with van der Waals surface area (Å²) in [5.41, 5.74) is 5.11. The number of rotatable bonds is 4. The molecule has 4 heteroatoms. The van der Waals surface area contributed by atoms with Crippen LogP contribution in [0.1, 0.15) is 0 Å². The summed E-state index contributed by atoms with van der Waals surface area (Å²) in [5, 5.41) is 7.71.